The summed E-state index contributed by atoms with van der Waals surface area (Å²) in [4.78, 5) is 14.5. The number of nitrogens with one attached hydrogen (secondary N) is 1. The van der Waals surface area contributed by atoms with E-state index in [-0.39, 0.29) is 21.4 Å². The first-order valence-electron chi connectivity index (χ1n) is 4.74. The van der Waals surface area contributed by atoms with Gasteiger partial charge in [0, 0.05) is 0 Å². The van der Waals surface area contributed by atoms with Crippen LogP contribution in [0.5, 0.6) is 17.2 Å². The summed E-state index contributed by atoms with van der Waals surface area (Å²) in [6.07, 6.45) is 0. The van der Waals surface area contributed by atoms with Gasteiger partial charge in [-0.2, -0.15) is 0 Å². The number of H-pyrrole nitrogens is 1. The van der Waals surface area contributed by atoms with Crippen molar-refractivity contribution in [1.29, 1.82) is 0 Å². The Morgan fingerprint density at radius 2 is 1.78 bits per heavy atom. The first-order valence-corrected chi connectivity index (χ1v) is 5.50. The molecule has 0 fully saturated rings. The number of rotatable bonds is 2. The second-order valence-electron chi connectivity index (χ2n) is 3.50. The Bertz CT molecular complexity index is 617. The number of carbonyl (C=O) groups excluding carboxylic acids is 1. The van der Waals surface area contributed by atoms with Crippen LogP contribution in [-0.2, 0) is 0 Å². The number of phenols is 3. The lowest BCUT2D eigenvalue weighted by atomic mass is 10.1. The first-order chi connectivity index (χ1) is 8.41. The normalized spacial score (nSPS) is 10.6. The van der Waals surface area contributed by atoms with E-state index in [0.717, 1.165) is 6.07 Å². The zero-order chi connectivity index (χ0) is 13.4. The molecule has 0 amide bonds. The lowest BCUT2D eigenvalue weighted by molar-refractivity contribution is 0.103. The average molecular weight is 288 g/mol. The van der Waals surface area contributed by atoms with E-state index in [1.54, 1.807) is 0 Å². The molecular formula is C11H7Cl2NO4. The molecule has 1 aromatic carbocycles. The average Bonchev–Trinajstić information content (AvgIpc) is 2.66. The number of aromatic nitrogens is 1. The van der Waals surface area contributed by atoms with Crippen molar-refractivity contribution in [2.24, 2.45) is 0 Å². The van der Waals surface area contributed by atoms with Crippen LogP contribution in [0.2, 0.25) is 10.2 Å². The number of aromatic amines is 1. The van der Waals surface area contributed by atoms with Gasteiger partial charge in [-0.25, -0.2) is 0 Å². The SMILES string of the molecule is O=C(c1cc(Cl)c(Cl)[nH]1)c1ccc(O)c(O)c1O. The molecule has 1 heterocycles. The molecule has 1 aromatic heterocycles. The van der Waals surface area contributed by atoms with Crippen LogP contribution in [0.15, 0.2) is 18.2 Å². The molecule has 0 radical (unpaired) electrons. The summed E-state index contributed by atoms with van der Waals surface area (Å²) in [5.74, 6) is -2.60. The van der Waals surface area contributed by atoms with Crippen molar-refractivity contribution in [3.63, 3.8) is 0 Å². The summed E-state index contributed by atoms with van der Waals surface area (Å²) in [6, 6.07) is 3.57. The van der Waals surface area contributed by atoms with E-state index in [0.29, 0.717) is 0 Å². The van der Waals surface area contributed by atoms with E-state index < -0.39 is 23.0 Å². The van der Waals surface area contributed by atoms with E-state index in [1.807, 2.05) is 0 Å². The summed E-state index contributed by atoms with van der Waals surface area (Å²) in [5.41, 5.74) is -0.120. The molecule has 2 rings (SSSR count). The third-order valence-electron chi connectivity index (χ3n) is 2.34. The molecule has 0 aliphatic rings. The standard InChI is InChI=1S/C11H7Cl2NO4/c12-5-3-6(14-11(5)13)8(16)4-1-2-7(15)10(18)9(4)17/h1-3,14-15,17-18H. The molecule has 2 aromatic rings. The number of hydrogen-bond donors (Lipinski definition) is 4. The highest BCUT2D eigenvalue weighted by Crippen LogP contribution is 2.38. The Labute approximate surface area is 111 Å². The molecule has 0 saturated carbocycles. The summed E-state index contributed by atoms with van der Waals surface area (Å²) in [7, 11) is 0. The molecule has 5 nitrogen and oxygen atoms in total. The van der Waals surface area contributed by atoms with Gasteiger partial charge in [-0.3, -0.25) is 4.79 Å². The number of phenolic OH excluding ortho intramolecular Hbond substituents is 3. The molecule has 94 valence electrons. The number of halogens is 2. The zero-order valence-corrected chi connectivity index (χ0v) is 10.2. The van der Waals surface area contributed by atoms with Crippen molar-refractivity contribution in [3.05, 3.63) is 39.6 Å². The first kappa shape index (κ1) is 12.6. The van der Waals surface area contributed by atoms with E-state index in [2.05, 4.69) is 4.98 Å². The molecule has 0 atom stereocenters. The van der Waals surface area contributed by atoms with Gasteiger partial charge in [-0.05, 0) is 18.2 Å². The van der Waals surface area contributed by atoms with Gasteiger partial charge >= 0.3 is 0 Å². The third-order valence-corrected chi connectivity index (χ3v) is 3.04. The fraction of sp³-hybridized carbons (Fsp3) is 0. The Kier molecular flexibility index (Phi) is 3.11. The second kappa shape index (κ2) is 4.44. The molecule has 0 aliphatic carbocycles. The van der Waals surface area contributed by atoms with Crippen molar-refractivity contribution < 1.29 is 20.1 Å². The highest BCUT2D eigenvalue weighted by Gasteiger charge is 2.20. The van der Waals surface area contributed by atoms with Gasteiger partial charge in [-0.1, -0.05) is 23.2 Å². The summed E-state index contributed by atoms with van der Waals surface area (Å²) in [5, 5.41) is 28.3. The fourth-order valence-corrected chi connectivity index (χ4v) is 1.74. The van der Waals surface area contributed by atoms with Gasteiger partial charge in [0.1, 0.15) is 5.15 Å². The van der Waals surface area contributed by atoms with Crippen molar-refractivity contribution in [2.75, 3.05) is 0 Å². The molecular weight excluding hydrogens is 281 g/mol. The van der Waals surface area contributed by atoms with Gasteiger partial charge in [-0.15, -0.1) is 0 Å². The van der Waals surface area contributed by atoms with Crippen molar-refractivity contribution >= 4 is 29.0 Å². The summed E-state index contributed by atoms with van der Waals surface area (Å²) < 4.78 is 0. The Morgan fingerprint density at radius 3 is 2.33 bits per heavy atom. The number of aromatic hydroxyl groups is 3. The van der Waals surface area contributed by atoms with Crippen molar-refractivity contribution in [3.8, 4) is 17.2 Å². The Hall–Kier alpha value is -1.85. The number of hydrogen-bond acceptors (Lipinski definition) is 4. The van der Waals surface area contributed by atoms with E-state index in [9.17, 15) is 15.0 Å². The lowest BCUT2D eigenvalue weighted by Crippen LogP contribution is -2.02. The maximum atomic E-state index is 12.0. The maximum absolute atomic E-state index is 12.0. The highest BCUT2D eigenvalue weighted by molar-refractivity contribution is 6.41. The Balaban J connectivity index is 2.50. The van der Waals surface area contributed by atoms with Gasteiger partial charge in [0.2, 0.25) is 11.5 Å². The van der Waals surface area contributed by atoms with Crippen molar-refractivity contribution in [1.82, 2.24) is 4.98 Å². The van der Waals surface area contributed by atoms with Crippen LogP contribution in [-0.4, -0.2) is 26.1 Å². The monoisotopic (exact) mass is 287 g/mol. The van der Waals surface area contributed by atoms with E-state index in [4.69, 9.17) is 28.3 Å². The third kappa shape index (κ3) is 1.98. The molecule has 0 saturated heterocycles. The van der Waals surface area contributed by atoms with Crippen LogP contribution in [0.25, 0.3) is 0 Å². The molecule has 0 spiro atoms. The molecule has 0 aliphatic heterocycles. The number of ketones is 1. The van der Waals surface area contributed by atoms with Crippen molar-refractivity contribution in [2.45, 2.75) is 0 Å². The largest absolute Gasteiger partial charge is 0.504 e. The topological polar surface area (TPSA) is 93.6 Å². The number of benzene rings is 1. The van der Waals surface area contributed by atoms with E-state index in [1.165, 1.54) is 12.1 Å². The fourth-order valence-electron chi connectivity index (χ4n) is 1.42. The van der Waals surface area contributed by atoms with Crippen LogP contribution in [0, 0.1) is 0 Å². The minimum absolute atomic E-state index is 0.0605. The molecule has 7 heteroatoms. The van der Waals surface area contributed by atoms with Gasteiger partial charge in [0.15, 0.2) is 11.5 Å². The predicted octanol–water partition coefficient (Wildman–Crippen LogP) is 2.67. The van der Waals surface area contributed by atoms with Gasteiger partial charge in [0.25, 0.3) is 0 Å². The second-order valence-corrected chi connectivity index (χ2v) is 4.29. The quantitative estimate of drug-likeness (QED) is 0.505. The molecule has 4 N–H and O–H groups in total. The van der Waals surface area contributed by atoms with Crippen LogP contribution in [0.3, 0.4) is 0 Å². The van der Waals surface area contributed by atoms with E-state index >= 15 is 0 Å². The summed E-state index contributed by atoms with van der Waals surface area (Å²) >= 11 is 11.4. The van der Waals surface area contributed by atoms with Crippen LogP contribution in [0.4, 0.5) is 0 Å². The highest BCUT2D eigenvalue weighted by atomic mass is 35.5. The van der Waals surface area contributed by atoms with Gasteiger partial charge in [0.05, 0.1) is 16.3 Å². The summed E-state index contributed by atoms with van der Waals surface area (Å²) in [6.45, 7) is 0. The van der Waals surface area contributed by atoms with Gasteiger partial charge < -0.3 is 20.3 Å². The zero-order valence-electron chi connectivity index (χ0n) is 8.74. The van der Waals surface area contributed by atoms with Crippen LogP contribution in [0.1, 0.15) is 16.1 Å². The number of carbonyl (C=O) groups is 1. The predicted molar refractivity (Wildman–Crippen MR) is 65.7 cm³/mol. The minimum Gasteiger partial charge on any atom is -0.504 e. The van der Waals surface area contributed by atoms with Crippen LogP contribution >= 0.6 is 23.2 Å². The van der Waals surface area contributed by atoms with Crippen LogP contribution < -0.4 is 0 Å². The molecule has 18 heavy (non-hydrogen) atoms. The minimum atomic E-state index is -0.760. The lowest BCUT2D eigenvalue weighted by Gasteiger charge is -2.05. The Morgan fingerprint density at radius 1 is 1.11 bits per heavy atom. The molecule has 0 unspecified atom stereocenters. The smallest absolute Gasteiger partial charge is 0.213 e. The molecule has 0 bridgehead atoms. The maximum Gasteiger partial charge on any atom is 0.213 e.